The predicted octanol–water partition coefficient (Wildman–Crippen LogP) is 21.0. The fourth-order valence-corrected chi connectivity index (χ4v) is 9.05. The largest absolute Gasteiger partial charge is 0.462 e. The van der Waals surface area contributed by atoms with Gasteiger partial charge in [0.1, 0.15) is 13.2 Å². The number of unbranched alkanes of at least 4 members (excludes halogenated alkanes) is 38. The molecule has 0 fully saturated rings. The van der Waals surface area contributed by atoms with E-state index >= 15 is 0 Å². The first-order valence-corrected chi connectivity index (χ1v) is 31.1. The molecule has 0 saturated heterocycles. The Bertz CT molecular complexity index is 1170. The van der Waals surface area contributed by atoms with E-state index in [4.69, 9.17) is 14.2 Å². The Kier molecular flexibility index (Phi) is 57.7. The van der Waals surface area contributed by atoms with Crippen LogP contribution in [-0.2, 0) is 28.6 Å². The van der Waals surface area contributed by atoms with Crippen molar-refractivity contribution in [2.75, 3.05) is 13.2 Å². The molecule has 71 heavy (non-hydrogen) atoms. The second-order valence-corrected chi connectivity index (χ2v) is 21.0. The number of ether oxygens (including phenoxy) is 3. The van der Waals surface area contributed by atoms with E-state index in [1.807, 2.05) is 0 Å². The molecule has 6 heteroatoms. The molecule has 0 saturated carbocycles. The SMILES string of the molecule is CCCCC/C=C\C/C=C\CCCCCCCC(=O)OC(COC(=O)CCCCCCCCCCC/C=C\CCCCCCCC)COC(=O)CCCCCCCCCCC/C=C\CCCCCCCC. The van der Waals surface area contributed by atoms with Gasteiger partial charge in [0, 0.05) is 19.3 Å². The number of allylic oxidation sites excluding steroid dienone is 8. The van der Waals surface area contributed by atoms with Crippen molar-refractivity contribution in [2.24, 2.45) is 0 Å². The van der Waals surface area contributed by atoms with Crippen LogP contribution in [0.5, 0.6) is 0 Å². The number of hydrogen-bond acceptors (Lipinski definition) is 6. The third-order valence-corrected chi connectivity index (χ3v) is 13.8. The molecule has 0 N–H and O–H groups in total. The second-order valence-electron chi connectivity index (χ2n) is 21.0. The fraction of sp³-hybridized carbons (Fsp3) is 0.831. The molecule has 0 bridgehead atoms. The molecular weight excluding hydrogens is 877 g/mol. The molecule has 0 aliphatic heterocycles. The van der Waals surface area contributed by atoms with Crippen molar-refractivity contribution in [3.05, 3.63) is 48.6 Å². The zero-order valence-corrected chi connectivity index (χ0v) is 47.5. The minimum atomic E-state index is -0.782. The van der Waals surface area contributed by atoms with Crippen LogP contribution < -0.4 is 0 Å². The molecule has 414 valence electrons. The number of carbonyl (C=O) groups is 3. The molecule has 0 unspecified atom stereocenters. The summed E-state index contributed by atoms with van der Waals surface area (Å²) in [6.07, 6.45) is 73.9. The van der Waals surface area contributed by atoms with Gasteiger partial charge in [-0.05, 0) is 103 Å². The van der Waals surface area contributed by atoms with Crippen LogP contribution in [0.25, 0.3) is 0 Å². The number of esters is 3. The molecule has 6 nitrogen and oxygen atoms in total. The van der Waals surface area contributed by atoms with Gasteiger partial charge in [-0.25, -0.2) is 0 Å². The summed E-state index contributed by atoms with van der Waals surface area (Å²) in [4.78, 5) is 38.3. The quantitative estimate of drug-likeness (QED) is 0.0261. The van der Waals surface area contributed by atoms with E-state index in [9.17, 15) is 14.4 Å². The van der Waals surface area contributed by atoms with Crippen LogP contribution in [0, 0.1) is 0 Å². The molecule has 0 radical (unpaired) electrons. The predicted molar refractivity (Wildman–Crippen MR) is 307 cm³/mol. The Hall–Kier alpha value is -2.63. The summed E-state index contributed by atoms with van der Waals surface area (Å²) < 4.78 is 16.9. The van der Waals surface area contributed by atoms with Gasteiger partial charge in [0.25, 0.3) is 0 Å². The van der Waals surface area contributed by atoms with Crippen LogP contribution in [0.2, 0.25) is 0 Å². The maximum atomic E-state index is 12.9. The molecule has 0 spiro atoms. The van der Waals surface area contributed by atoms with E-state index in [2.05, 4.69) is 69.4 Å². The van der Waals surface area contributed by atoms with Crippen LogP contribution in [-0.4, -0.2) is 37.2 Å². The molecule has 0 aromatic carbocycles. The summed E-state index contributed by atoms with van der Waals surface area (Å²) in [5.74, 6) is -0.879. The Morgan fingerprint density at radius 2 is 0.507 bits per heavy atom. The standard InChI is InChI=1S/C65H118O6/c1-4-7-10-13-16-19-22-25-28-30-32-34-37-39-42-45-48-51-54-57-63(66)69-60-62(71-65(68)59-56-53-50-47-44-41-36-27-24-21-18-15-12-9-6-3)61-70-64(67)58-55-52-49-46-43-40-38-35-33-31-29-26-23-20-17-14-11-8-5-2/h18,21,25-29,36,62H,4-17,19-20,22-24,30-35,37-61H2,1-3H3/b21-18-,28-25-,29-26-,36-27-. The normalized spacial score (nSPS) is 11.9. The third-order valence-electron chi connectivity index (χ3n) is 13.8. The van der Waals surface area contributed by atoms with Crippen molar-refractivity contribution < 1.29 is 28.6 Å². The number of carbonyl (C=O) groups excluding carboxylic acids is 3. The number of hydrogen-bond donors (Lipinski definition) is 0. The molecule has 0 heterocycles. The van der Waals surface area contributed by atoms with Gasteiger partial charge in [-0.3, -0.25) is 14.4 Å². The van der Waals surface area contributed by atoms with Gasteiger partial charge < -0.3 is 14.2 Å². The lowest BCUT2D eigenvalue weighted by Gasteiger charge is -2.18. The third kappa shape index (κ3) is 58.1. The van der Waals surface area contributed by atoms with Crippen molar-refractivity contribution >= 4 is 17.9 Å². The highest BCUT2D eigenvalue weighted by Gasteiger charge is 2.19. The van der Waals surface area contributed by atoms with Gasteiger partial charge in [0.05, 0.1) is 0 Å². The van der Waals surface area contributed by atoms with Crippen molar-refractivity contribution in [1.29, 1.82) is 0 Å². The van der Waals surface area contributed by atoms with Gasteiger partial charge >= 0.3 is 17.9 Å². The summed E-state index contributed by atoms with van der Waals surface area (Å²) in [7, 11) is 0. The van der Waals surface area contributed by atoms with Crippen LogP contribution in [0.1, 0.15) is 329 Å². The average molecular weight is 996 g/mol. The van der Waals surface area contributed by atoms with Crippen LogP contribution in [0.4, 0.5) is 0 Å². The summed E-state index contributed by atoms with van der Waals surface area (Å²) >= 11 is 0. The molecule has 0 amide bonds. The van der Waals surface area contributed by atoms with E-state index in [0.717, 1.165) is 83.5 Å². The zero-order valence-electron chi connectivity index (χ0n) is 47.5. The fourth-order valence-electron chi connectivity index (χ4n) is 9.05. The van der Waals surface area contributed by atoms with E-state index in [0.29, 0.717) is 19.3 Å². The minimum Gasteiger partial charge on any atom is -0.462 e. The van der Waals surface area contributed by atoms with Crippen molar-refractivity contribution in [1.82, 2.24) is 0 Å². The van der Waals surface area contributed by atoms with Crippen molar-refractivity contribution in [3.8, 4) is 0 Å². The lowest BCUT2D eigenvalue weighted by atomic mass is 10.1. The first-order chi connectivity index (χ1) is 35.0. The van der Waals surface area contributed by atoms with Gasteiger partial charge in [0.15, 0.2) is 6.10 Å². The molecular formula is C65H118O6. The monoisotopic (exact) mass is 995 g/mol. The molecule has 0 aromatic rings. The summed E-state index contributed by atoms with van der Waals surface area (Å²) in [5, 5.41) is 0. The van der Waals surface area contributed by atoms with Gasteiger partial charge in [-0.15, -0.1) is 0 Å². The van der Waals surface area contributed by atoms with Crippen molar-refractivity contribution in [2.45, 2.75) is 335 Å². The van der Waals surface area contributed by atoms with Crippen LogP contribution >= 0.6 is 0 Å². The number of rotatable bonds is 57. The van der Waals surface area contributed by atoms with E-state index < -0.39 is 6.10 Å². The van der Waals surface area contributed by atoms with Crippen LogP contribution in [0.15, 0.2) is 48.6 Å². The Morgan fingerprint density at radius 3 is 0.817 bits per heavy atom. The molecule has 0 aliphatic carbocycles. The minimum absolute atomic E-state index is 0.0785. The van der Waals surface area contributed by atoms with Crippen molar-refractivity contribution in [3.63, 3.8) is 0 Å². The van der Waals surface area contributed by atoms with Gasteiger partial charge in [0.2, 0.25) is 0 Å². The highest BCUT2D eigenvalue weighted by atomic mass is 16.6. The topological polar surface area (TPSA) is 78.9 Å². The maximum absolute atomic E-state index is 12.9. The molecule has 0 rings (SSSR count). The average Bonchev–Trinajstić information content (AvgIpc) is 3.37. The first kappa shape index (κ1) is 68.4. The lowest BCUT2D eigenvalue weighted by molar-refractivity contribution is -0.167. The molecule has 0 aromatic heterocycles. The van der Waals surface area contributed by atoms with E-state index in [-0.39, 0.29) is 31.1 Å². The smallest absolute Gasteiger partial charge is 0.306 e. The maximum Gasteiger partial charge on any atom is 0.306 e. The zero-order chi connectivity index (χ0) is 51.4. The Morgan fingerprint density at radius 1 is 0.282 bits per heavy atom. The van der Waals surface area contributed by atoms with Gasteiger partial charge in [-0.2, -0.15) is 0 Å². The highest BCUT2D eigenvalue weighted by Crippen LogP contribution is 2.16. The summed E-state index contributed by atoms with van der Waals surface area (Å²) in [6, 6.07) is 0. The van der Waals surface area contributed by atoms with E-state index in [1.165, 1.54) is 205 Å². The highest BCUT2D eigenvalue weighted by molar-refractivity contribution is 5.71. The molecule has 0 atom stereocenters. The van der Waals surface area contributed by atoms with Crippen LogP contribution in [0.3, 0.4) is 0 Å². The summed E-state index contributed by atoms with van der Waals surface area (Å²) in [6.45, 7) is 6.63. The first-order valence-electron chi connectivity index (χ1n) is 31.1. The Balaban J connectivity index is 4.35. The summed E-state index contributed by atoms with van der Waals surface area (Å²) in [5.41, 5.74) is 0. The Labute approximate surface area is 441 Å². The van der Waals surface area contributed by atoms with E-state index in [1.54, 1.807) is 0 Å². The van der Waals surface area contributed by atoms with Gasteiger partial charge in [-0.1, -0.05) is 256 Å². The lowest BCUT2D eigenvalue weighted by Crippen LogP contribution is -2.30. The second kappa shape index (κ2) is 59.9. The molecule has 0 aliphatic rings.